The monoisotopic (exact) mass is 258 g/mol. The van der Waals surface area contributed by atoms with Crippen LogP contribution in [0.4, 0.5) is 0 Å². The molecule has 4 rings (SSSR count). The van der Waals surface area contributed by atoms with Crippen molar-refractivity contribution in [2.45, 2.75) is 0 Å². The molecular weight excluding hydrogens is 248 g/mol. The Bertz CT molecular complexity index is 767. The van der Waals surface area contributed by atoms with Gasteiger partial charge in [0.05, 0.1) is 0 Å². The average Bonchev–Trinajstić information content (AvgIpc) is 2.49. The minimum atomic E-state index is -0.0686. The molecule has 0 saturated carbocycles. The molecule has 0 aliphatic heterocycles. The van der Waals surface area contributed by atoms with Crippen LogP contribution in [0.2, 0.25) is 0 Å². The molecule has 0 unspecified atom stereocenters. The molecule has 0 amide bonds. The van der Waals surface area contributed by atoms with Gasteiger partial charge in [0.25, 0.3) is 0 Å². The number of allylic oxidation sites excluding steroid dienone is 2. The molecule has 0 saturated heterocycles. The third-order valence-electron chi connectivity index (χ3n) is 3.79. The molecule has 0 aromatic heterocycles. The number of fused-ring (bicyclic) bond motifs is 3. The summed E-state index contributed by atoms with van der Waals surface area (Å²) >= 11 is 0. The summed E-state index contributed by atoms with van der Waals surface area (Å²) in [6.45, 7) is 0. The minimum absolute atomic E-state index is 0.0686. The van der Waals surface area contributed by atoms with Gasteiger partial charge in [-0.3, -0.25) is 9.59 Å². The van der Waals surface area contributed by atoms with Gasteiger partial charge in [-0.15, -0.1) is 0 Å². The largest absolute Gasteiger partial charge is 0.289 e. The topological polar surface area (TPSA) is 34.1 Å². The van der Waals surface area contributed by atoms with Gasteiger partial charge >= 0.3 is 0 Å². The van der Waals surface area contributed by atoms with Crippen LogP contribution in [-0.2, 0) is 0 Å². The third kappa shape index (κ3) is 1.39. The summed E-state index contributed by atoms with van der Waals surface area (Å²) in [4.78, 5) is 25.1. The molecule has 0 atom stereocenters. The van der Waals surface area contributed by atoms with Crippen LogP contribution in [0.5, 0.6) is 0 Å². The van der Waals surface area contributed by atoms with E-state index in [2.05, 4.69) is 0 Å². The van der Waals surface area contributed by atoms with Crippen LogP contribution in [0, 0.1) is 0 Å². The van der Waals surface area contributed by atoms with Gasteiger partial charge in [0.15, 0.2) is 11.6 Å². The van der Waals surface area contributed by atoms with E-state index < -0.39 is 0 Å². The molecule has 2 nitrogen and oxygen atoms in total. The van der Waals surface area contributed by atoms with E-state index >= 15 is 0 Å². The van der Waals surface area contributed by atoms with Gasteiger partial charge in [0, 0.05) is 22.3 Å². The minimum Gasteiger partial charge on any atom is -0.289 e. The fraction of sp³-hybridized carbons (Fsp3) is 0. The lowest BCUT2D eigenvalue weighted by Crippen LogP contribution is -2.21. The zero-order chi connectivity index (χ0) is 13.7. The standard InChI is InChI=1S/C18H10O2/c19-17-13-7-3-1-5-11(13)9-15-16(17)10-12-6-2-4-8-14(12)18(15)20/h1-10H. The molecule has 0 radical (unpaired) electrons. The predicted octanol–water partition coefficient (Wildman–Crippen LogP) is 3.55. The zero-order valence-electron chi connectivity index (χ0n) is 10.6. The van der Waals surface area contributed by atoms with Crippen molar-refractivity contribution in [2.75, 3.05) is 0 Å². The Morgan fingerprint density at radius 3 is 1.40 bits per heavy atom. The van der Waals surface area contributed by atoms with Crippen molar-refractivity contribution in [1.29, 1.82) is 0 Å². The molecule has 0 spiro atoms. The number of Topliss-reactive ketones (excluding diaryl/α,β-unsaturated/α-hetero) is 2. The van der Waals surface area contributed by atoms with Gasteiger partial charge in [-0.2, -0.15) is 0 Å². The van der Waals surface area contributed by atoms with E-state index in [4.69, 9.17) is 0 Å². The van der Waals surface area contributed by atoms with Crippen molar-refractivity contribution in [2.24, 2.45) is 0 Å². The summed E-state index contributed by atoms with van der Waals surface area (Å²) in [5.74, 6) is -0.137. The van der Waals surface area contributed by atoms with Gasteiger partial charge in [-0.05, 0) is 23.3 Å². The van der Waals surface area contributed by atoms with Crippen LogP contribution in [0.25, 0.3) is 12.2 Å². The summed E-state index contributed by atoms with van der Waals surface area (Å²) in [5, 5.41) is 0. The van der Waals surface area contributed by atoms with Crippen molar-refractivity contribution in [3.8, 4) is 0 Å². The molecular formula is C18H10O2. The highest BCUT2D eigenvalue weighted by molar-refractivity contribution is 6.31. The van der Waals surface area contributed by atoms with E-state index in [0.29, 0.717) is 22.3 Å². The summed E-state index contributed by atoms with van der Waals surface area (Å²) in [6.07, 6.45) is 3.64. The lowest BCUT2D eigenvalue weighted by molar-refractivity contribution is 0.0995. The highest BCUT2D eigenvalue weighted by atomic mass is 16.1. The number of rotatable bonds is 0. The fourth-order valence-corrected chi connectivity index (χ4v) is 2.79. The maximum absolute atomic E-state index is 12.5. The molecule has 0 heterocycles. The van der Waals surface area contributed by atoms with Crippen molar-refractivity contribution in [1.82, 2.24) is 0 Å². The SMILES string of the molecule is O=C1C2=Cc3ccccc3C(=O)C2=Cc2ccccc21. The Hall–Kier alpha value is -2.74. The van der Waals surface area contributed by atoms with Crippen molar-refractivity contribution in [3.63, 3.8) is 0 Å². The van der Waals surface area contributed by atoms with E-state index in [9.17, 15) is 9.59 Å². The second-order valence-electron chi connectivity index (χ2n) is 4.95. The number of carbonyl (C=O) groups excluding carboxylic acids is 2. The van der Waals surface area contributed by atoms with Crippen LogP contribution in [0.3, 0.4) is 0 Å². The van der Waals surface area contributed by atoms with E-state index in [1.165, 1.54) is 0 Å². The molecule has 2 aliphatic rings. The van der Waals surface area contributed by atoms with Crippen LogP contribution in [-0.4, -0.2) is 11.6 Å². The lowest BCUT2D eigenvalue weighted by Gasteiger charge is -2.22. The van der Waals surface area contributed by atoms with E-state index in [1.54, 1.807) is 12.1 Å². The van der Waals surface area contributed by atoms with Crippen molar-refractivity contribution in [3.05, 3.63) is 81.9 Å². The maximum atomic E-state index is 12.5. The lowest BCUT2D eigenvalue weighted by atomic mass is 9.78. The Labute approximate surface area is 116 Å². The fourth-order valence-electron chi connectivity index (χ4n) is 2.79. The highest BCUT2D eigenvalue weighted by Gasteiger charge is 2.31. The first-order valence-corrected chi connectivity index (χ1v) is 6.47. The Morgan fingerprint density at radius 1 is 0.550 bits per heavy atom. The molecule has 94 valence electrons. The number of hydrogen-bond acceptors (Lipinski definition) is 2. The molecule has 0 fully saturated rings. The van der Waals surface area contributed by atoms with Crippen LogP contribution < -0.4 is 0 Å². The van der Waals surface area contributed by atoms with Crippen LogP contribution in [0.1, 0.15) is 31.8 Å². The molecule has 0 N–H and O–H groups in total. The normalized spacial score (nSPS) is 15.8. The van der Waals surface area contributed by atoms with Gasteiger partial charge in [0.1, 0.15) is 0 Å². The molecule has 0 bridgehead atoms. The molecule has 20 heavy (non-hydrogen) atoms. The first-order valence-electron chi connectivity index (χ1n) is 6.47. The molecule has 2 aliphatic carbocycles. The highest BCUT2D eigenvalue weighted by Crippen LogP contribution is 2.35. The number of benzene rings is 2. The first-order chi connectivity index (χ1) is 9.75. The summed E-state index contributed by atoms with van der Waals surface area (Å²) < 4.78 is 0. The van der Waals surface area contributed by atoms with Crippen molar-refractivity contribution >= 4 is 23.7 Å². The first kappa shape index (κ1) is 11.1. The second-order valence-corrected chi connectivity index (χ2v) is 4.95. The maximum Gasteiger partial charge on any atom is 0.194 e. The van der Waals surface area contributed by atoms with Gasteiger partial charge < -0.3 is 0 Å². The summed E-state index contributed by atoms with van der Waals surface area (Å²) in [6, 6.07) is 14.8. The summed E-state index contributed by atoms with van der Waals surface area (Å²) in [7, 11) is 0. The summed E-state index contributed by atoms with van der Waals surface area (Å²) in [5.41, 5.74) is 3.97. The quantitative estimate of drug-likeness (QED) is 0.724. The molecule has 2 heteroatoms. The number of ketones is 2. The Kier molecular flexibility index (Phi) is 2.15. The van der Waals surface area contributed by atoms with Crippen LogP contribution in [0.15, 0.2) is 59.7 Å². The van der Waals surface area contributed by atoms with E-state index in [-0.39, 0.29) is 11.6 Å². The number of hydrogen-bond donors (Lipinski definition) is 0. The van der Waals surface area contributed by atoms with Crippen LogP contribution >= 0.6 is 0 Å². The second kappa shape index (κ2) is 3.87. The van der Waals surface area contributed by atoms with Gasteiger partial charge in [-0.1, -0.05) is 48.5 Å². The smallest absolute Gasteiger partial charge is 0.194 e. The van der Waals surface area contributed by atoms with Gasteiger partial charge in [-0.25, -0.2) is 0 Å². The Balaban J connectivity index is 2.02. The number of carbonyl (C=O) groups is 2. The Morgan fingerprint density at radius 2 is 0.950 bits per heavy atom. The molecule has 2 aromatic carbocycles. The van der Waals surface area contributed by atoms with Gasteiger partial charge in [0.2, 0.25) is 0 Å². The predicted molar refractivity (Wildman–Crippen MR) is 77.5 cm³/mol. The zero-order valence-corrected chi connectivity index (χ0v) is 10.6. The third-order valence-corrected chi connectivity index (χ3v) is 3.79. The van der Waals surface area contributed by atoms with E-state index in [0.717, 1.165) is 11.1 Å². The average molecular weight is 258 g/mol. The molecule has 2 aromatic rings. The van der Waals surface area contributed by atoms with E-state index in [1.807, 2.05) is 48.6 Å². The van der Waals surface area contributed by atoms with Crippen molar-refractivity contribution < 1.29 is 9.59 Å².